The van der Waals surface area contributed by atoms with Crippen molar-refractivity contribution < 1.29 is 9.59 Å². The molecule has 6 nitrogen and oxygen atoms in total. The minimum atomic E-state index is -1.01. The first-order valence-electron chi connectivity index (χ1n) is 4.82. The van der Waals surface area contributed by atoms with E-state index in [-0.39, 0.29) is 5.88 Å². The van der Waals surface area contributed by atoms with Crippen molar-refractivity contribution in [1.29, 1.82) is 5.26 Å². The fourth-order valence-corrected chi connectivity index (χ4v) is 1.22. The fourth-order valence-electron chi connectivity index (χ4n) is 1.11. The molecule has 0 heterocycles. The van der Waals surface area contributed by atoms with Crippen LogP contribution in [-0.4, -0.2) is 23.4 Å². The van der Waals surface area contributed by atoms with Crippen LogP contribution in [0.25, 0.3) is 0 Å². The van der Waals surface area contributed by atoms with Gasteiger partial charge < -0.3 is 5.73 Å². The standard InChI is InChI=1S/C11H9ClN4O2/c12-6-10(17)16(8-4-2-1-3-5-8)15-9(7-13)11(14)18/h1-5H,6H2,(H2,14,18). The van der Waals surface area contributed by atoms with Gasteiger partial charge in [0, 0.05) is 0 Å². The maximum atomic E-state index is 11.6. The van der Waals surface area contributed by atoms with Crippen LogP contribution >= 0.6 is 11.6 Å². The molecule has 1 aromatic carbocycles. The van der Waals surface area contributed by atoms with Crippen molar-refractivity contribution in [2.24, 2.45) is 10.8 Å². The first kappa shape index (κ1) is 13.7. The Kier molecular flexibility index (Phi) is 4.84. The van der Waals surface area contributed by atoms with Crippen molar-refractivity contribution in [2.75, 3.05) is 10.9 Å². The lowest BCUT2D eigenvalue weighted by Crippen LogP contribution is -2.31. The third kappa shape index (κ3) is 3.30. The number of para-hydroxylation sites is 1. The van der Waals surface area contributed by atoms with Gasteiger partial charge in [0.05, 0.1) is 5.69 Å². The number of hydrogen-bond acceptors (Lipinski definition) is 4. The zero-order valence-electron chi connectivity index (χ0n) is 9.21. The first-order chi connectivity index (χ1) is 8.60. The van der Waals surface area contributed by atoms with Crippen molar-refractivity contribution in [1.82, 2.24) is 0 Å². The third-order valence-corrected chi connectivity index (χ3v) is 2.12. The molecule has 18 heavy (non-hydrogen) atoms. The molecule has 1 rings (SSSR count). The minimum Gasteiger partial charge on any atom is -0.364 e. The van der Waals surface area contributed by atoms with E-state index in [0.29, 0.717) is 5.69 Å². The molecular formula is C11H9ClN4O2. The van der Waals surface area contributed by atoms with Gasteiger partial charge >= 0.3 is 0 Å². The molecule has 0 aliphatic carbocycles. The average molecular weight is 265 g/mol. The number of halogens is 1. The molecule has 0 bridgehead atoms. The lowest BCUT2D eigenvalue weighted by atomic mass is 10.3. The van der Waals surface area contributed by atoms with Crippen molar-refractivity contribution in [3.8, 4) is 6.07 Å². The van der Waals surface area contributed by atoms with Crippen LogP contribution in [0, 0.1) is 11.3 Å². The number of nitriles is 1. The number of alkyl halides is 1. The zero-order chi connectivity index (χ0) is 13.5. The molecule has 0 aliphatic rings. The van der Waals surface area contributed by atoms with Gasteiger partial charge in [-0.3, -0.25) is 9.59 Å². The van der Waals surface area contributed by atoms with Gasteiger partial charge in [0.1, 0.15) is 11.9 Å². The molecule has 0 saturated heterocycles. The van der Waals surface area contributed by atoms with E-state index in [1.807, 2.05) is 0 Å². The lowest BCUT2D eigenvalue weighted by molar-refractivity contribution is -0.116. The molecule has 7 heteroatoms. The summed E-state index contributed by atoms with van der Waals surface area (Å²) in [5.74, 6) is -1.92. The number of hydrazone groups is 1. The predicted octanol–water partition coefficient (Wildman–Crippen LogP) is 0.623. The van der Waals surface area contributed by atoms with E-state index in [9.17, 15) is 9.59 Å². The van der Waals surface area contributed by atoms with Gasteiger partial charge in [0.25, 0.3) is 11.8 Å². The Morgan fingerprint density at radius 3 is 2.44 bits per heavy atom. The van der Waals surface area contributed by atoms with Crippen LogP contribution in [0.2, 0.25) is 0 Å². The Balaban J connectivity index is 3.20. The van der Waals surface area contributed by atoms with Gasteiger partial charge in [-0.15, -0.1) is 16.7 Å². The lowest BCUT2D eigenvalue weighted by Gasteiger charge is -2.15. The first-order valence-corrected chi connectivity index (χ1v) is 5.36. The van der Waals surface area contributed by atoms with E-state index < -0.39 is 17.5 Å². The van der Waals surface area contributed by atoms with Gasteiger partial charge in [-0.25, -0.2) is 0 Å². The van der Waals surface area contributed by atoms with E-state index >= 15 is 0 Å². The van der Waals surface area contributed by atoms with Crippen LogP contribution in [0.15, 0.2) is 35.4 Å². The number of benzene rings is 1. The van der Waals surface area contributed by atoms with Crippen molar-refractivity contribution in [2.45, 2.75) is 0 Å². The van der Waals surface area contributed by atoms with E-state index in [1.54, 1.807) is 30.3 Å². The zero-order valence-corrected chi connectivity index (χ0v) is 9.96. The average Bonchev–Trinajstić information content (AvgIpc) is 2.39. The van der Waals surface area contributed by atoms with E-state index in [4.69, 9.17) is 22.6 Å². The Morgan fingerprint density at radius 1 is 1.39 bits per heavy atom. The predicted molar refractivity (Wildman–Crippen MR) is 66.9 cm³/mol. The SMILES string of the molecule is N#CC(=NN(C(=O)CCl)c1ccccc1)C(N)=O. The fraction of sp³-hybridized carbons (Fsp3) is 0.0909. The van der Waals surface area contributed by atoms with Crippen LogP contribution in [-0.2, 0) is 9.59 Å². The molecular weight excluding hydrogens is 256 g/mol. The minimum absolute atomic E-state index is 0.337. The number of carbonyl (C=O) groups is 2. The summed E-state index contributed by atoms with van der Waals surface area (Å²) in [6.07, 6.45) is 0. The van der Waals surface area contributed by atoms with Gasteiger partial charge in [-0.1, -0.05) is 18.2 Å². The van der Waals surface area contributed by atoms with Gasteiger partial charge in [-0.05, 0) is 12.1 Å². The topological polar surface area (TPSA) is 99.6 Å². The summed E-state index contributed by atoms with van der Waals surface area (Å²) < 4.78 is 0. The van der Waals surface area contributed by atoms with Crippen LogP contribution < -0.4 is 10.7 Å². The number of nitrogens with zero attached hydrogens (tertiary/aromatic N) is 3. The van der Waals surface area contributed by atoms with E-state index in [1.165, 1.54) is 6.07 Å². The summed E-state index contributed by atoms with van der Waals surface area (Å²) in [4.78, 5) is 22.5. The number of nitrogens with two attached hydrogens (primary N) is 1. The number of hydrogen-bond donors (Lipinski definition) is 1. The maximum Gasteiger partial charge on any atom is 0.280 e. The molecule has 0 radical (unpaired) electrons. The molecule has 1 aromatic rings. The van der Waals surface area contributed by atoms with Gasteiger partial charge in [0.2, 0.25) is 5.71 Å². The Morgan fingerprint density at radius 2 is 2.00 bits per heavy atom. The van der Waals surface area contributed by atoms with Crippen molar-refractivity contribution >= 4 is 34.8 Å². The van der Waals surface area contributed by atoms with E-state index in [0.717, 1.165) is 5.01 Å². The number of amides is 2. The summed E-state index contributed by atoms with van der Waals surface area (Å²) >= 11 is 5.44. The molecule has 0 unspecified atom stereocenters. The quantitative estimate of drug-likeness (QED) is 0.490. The molecule has 2 N–H and O–H groups in total. The highest BCUT2D eigenvalue weighted by Crippen LogP contribution is 2.14. The van der Waals surface area contributed by atoms with Gasteiger partial charge in [-0.2, -0.15) is 10.3 Å². The molecule has 2 amide bonds. The summed E-state index contributed by atoms with van der Waals surface area (Å²) in [7, 11) is 0. The molecule has 0 fully saturated rings. The smallest absolute Gasteiger partial charge is 0.280 e. The van der Waals surface area contributed by atoms with Crippen LogP contribution in [0.3, 0.4) is 0 Å². The summed E-state index contributed by atoms with van der Waals surface area (Å²) in [6.45, 7) is 0. The largest absolute Gasteiger partial charge is 0.364 e. The second-order valence-electron chi connectivity index (χ2n) is 3.10. The van der Waals surface area contributed by atoms with Crippen LogP contribution in [0.1, 0.15) is 0 Å². The second-order valence-corrected chi connectivity index (χ2v) is 3.37. The van der Waals surface area contributed by atoms with Crippen molar-refractivity contribution in [3.63, 3.8) is 0 Å². The highest BCUT2D eigenvalue weighted by Gasteiger charge is 2.17. The Labute approximate surface area is 108 Å². The number of anilines is 1. The van der Waals surface area contributed by atoms with Crippen molar-refractivity contribution in [3.05, 3.63) is 30.3 Å². The summed E-state index contributed by atoms with van der Waals surface area (Å²) in [5, 5.41) is 13.2. The molecule has 0 saturated carbocycles. The highest BCUT2D eigenvalue weighted by molar-refractivity contribution is 6.45. The number of carbonyl (C=O) groups excluding carboxylic acids is 2. The van der Waals surface area contributed by atoms with E-state index in [2.05, 4.69) is 5.10 Å². The summed E-state index contributed by atoms with van der Waals surface area (Å²) in [5.41, 5.74) is 4.77. The van der Waals surface area contributed by atoms with Gasteiger partial charge in [0.15, 0.2) is 0 Å². The second kappa shape index (κ2) is 6.37. The highest BCUT2D eigenvalue weighted by atomic mass is 35.5. The Bertz CT molecular complexity index is 522. The van der Waals surface area contributed by atoms with Crippen LogP contribution in [0.5, 0.6) is 0 Å². The maximum absolute atomic E-state index is 11.6. The number of rotatable bonds is 4. The third-order valence-electron chi connectivity index (χ3n) is 1.89. The van der Waals surface area contributed by atoms with Crippen LogP contribution in [0.4, 0.5) is 5.69 Å². The molecule has 0 aromatic heterocycles. The number of primary amides is 1. The monoisotopic (exact) mass is 264 g/mol. The molecule has 0 aliphatic heterocycles. The molecule has 0 atom stereocenters. The Hall–Kier alpha value is -2.39. The normalized spacial score (nSPS) is 10.6. The summed E-state index contributed by atoms with van der Waals surface area (Å²) in [6, 6.07) is 9.79. The molecule has 92 valence electrons. The molecule has 0 spiro atoms.